The maximum atomic E-state index is 0. The molecule has 0 aromatic rings. The van der Waals surface area contributed by atoms with Crippen LogP contribution in [0.5, 0.6) is 0 Å². The van der Waals surface area contributed by atoms with Crippen molar-refractivity contribution in [1.29, 1.82) is 0 Å². The molecular weight excluding hydrogens is 158 g/mol. The number of hydrogen-bond donors (Lipinski definition) is 0. The molecule has 0 aliphatic rings. The summed E-state index contributed by atoms with van der Waals surface area (Å²) in [6, 6.07) is 0. The van der Waals surface area contributed by atoms with Crippen molar-refractivity contribution >= 4 is 40.4 Å². The van der Waals surface area contributed by atoms with Crippen molar-refractivity contribution in [3.05, 3.63) is 0 Å². The molecule has 0 aliphatic carbocycles. The van der Waals surface area contributed by atoms with Gasteiger partial charge in [-0.2, -0.15) is 0 Å². The van der Waals surface area contributed by atoms with Crippen LogP contribution in [0.3, 0.4) is 0 Å². The van der Waals surface area contributed by atoms with Crippen molar-refractivity contribution in [1.82, 2.24) is 0 Å². The van der Waals surface area contributed by atoms with Gasteiger partial charge in [-0.05, 0) is 0 Å². The minimum absolute atomic E-state index is 0. The zero-order chi connectivity index (χ0) is 0. The van der Waals surface area contributed by atoms with Crippen LogP contribution in [0.25, 0.3) is 0 Å². The third kappa shape index (κ3) is 43.9. The Labute approximate surface area is 76.2 Å². The molecule has 0 aromatic carbocycles. The molecule has 0 amide bonds. The van der Waals surface area contributed by atoms with E-state index in [0.29, 0.717) is 0 Å². The Hall–Kier alpha value is 1.69. The molecule has 6 N–H and O–H groups in total. The van der Waals surface area contributed by atoms with Crippen molar-refractivity contribution in [3.8, 4) is 0 Å². The smallest absolute Gasteiger partial charge is 1.00 e. The maximum Gasteiger partial charge on any atom is 2.00 e. The standard InChI is InChI=1S/Al.Co.Mg.3H2O.5H/h;;;3*1H2;;;;;/q;;+2;;;;;;;2*-1. The molecule has 0 aromatic heterocycles. The molecule has 0 heterocycles. The number of rotatable bonds is 0. The van der Waals surface area contributed by atoms with Crippen LogP contribution in [0.2, 0.25) is 0 Å². The second-order valence-electron chi connectivity index (χ2n) is 0. The van der Waals surface area contributed by atoms with Crippen LogP contribution < -0.4 is 0 Å². The van der Waals surface area contributed by atoms with E-state index in [-0.39, 0.29) is 76.5 Å². The van der Waals surface area contributed by atoms with Gasteiger partial charge in [-0.15, -0.1) is 0 Å². The Kier molecular flexibility index (Phi) is 1530. The third-order valence-electron chi connectivity index (χ3n) is 0. The summed E-state index contributed by atoms with van der Waals surface area (Å²) < 4.78 is 0. The van der Waals surface area contributed by atoms with Gasteiger partial charge in [-0.1, -0.05) is 0 Å². The molecule has 6 heavy (non-hydrogen) atoms. The Morgan fingerprint density at radius 2 is 0.833 bits per heavy atom. The van der Waals surface area contributed by atoms with Gasteiger partial charge >= 0.3 is 23.1 Å². The molecule has 0 spiro atoms. The van der Waals surface area contributed by atoms with Crippen molar-refractivity contribution in [2.75, 3.05) is 0 Å². The molecule has 43 valence electrons. The van der Waals surface area contributed by atoms with E-state index in [9.17, 15) is 0 Å². The SMILES string of the molecule is O.O.O.[AlH3].[Co].[H-].[H-].[Mg+2]. The predicted octanol–water partition coefficient (Wildman–Crippen LogP) is -3.82. The van der Waals surface area contributed by atoms with Gasteiger partial charge in [-0.25, -0.2) is 0 Å². The minimum atomic E-state index is 0. The Morgan fingerprint density at radius 1 is 0.833 bits per heavy atom. The summed E-state index contributed by atoms with van der Waals surface area (Å²) in [7, 11) is 0. The first kappa shape index (κ1) is 121. The molecule has 3 nitrogen and oxygen atoms in total. The van der Waals surface area contributed by atoms with Gasteiger partial charge in [0.15, 0.2) is 17.4 Å². The third-order valence-corrected chi connectivity index (χ3v) is 0. The number of hydrogen-bond acceptors (Lipinski definition) is 0. The van der Waals surface area contributed by atoms with Gasteiger partial charge in [0.25, 0.3) is 0 Å². The summed E-state index contributed by atoms with van der Waals surface area (Å²) >= 11 is 0. The van der Waals surface area contributed by atoms with Gasteiger partial charge in [0, 0.05) is 16.8 Å². The van der Waals surface area contributed by atoms with E-state index in [4.69, 9.17) is 0 Å². The zero-order valence-corrected chi connectivity index (χ0v) is 5.00. The minimum Gasteiger partial charge on any atom is -1.00 e. The van der Waals surface area contributed by atoms with Gasteiger partial charge in [0.2, 0.25) is 0 Å². The van der Waals surface area contributed by atoms with Crippen LogP contribution in [0.15, 0.2) is 0 Å². The van der Waals surface area contributed by atoms with E-state index in [0.717, 1.165) is 0 Å². The molecule has 0 unspecified atom stereocenters. The van der Waals surface area contributed by atoms with Crippen molar-refractivity contribution in [2.45, 2.75) is 0 Å². The van der Waals surface area contributed by atoms with Crippen molar-refractivity contribution in [3.63, 3.8) is 0 Å². The summed E-state index contributed by atoms with van der Waals surface area (Å²) in [5.74, 6) is 0. The molecule has 0 bridgehead atoms. The molecule has 0 atom stereocenters. The van der Waals surface area contributed by atoms with Crippen LogP contribution >= 0.6 is 0 Å². The Bertz CT molecular complexity index is 17.2. The molecule has 1 radical (unpaired) electrons. The van der Waals surface area contributed by atoms with Crippen LogP contribution in [0, 0.1) is 0 Å². The average Bonchev–Trinajstić information content (AvgIpc) is 0. The molecule has 6 heteroatoms. The van der Waals surface area contributed by atoms with Crippen LogP contribution in [-0.4, -0.2) is 56.8 Å². The van der Waals surface area contributed by atoms with E-state index >= 15 is 0 Å². The molecular formula is H11AlCoMgO3. The predicted molar refractivity (Wildman–Crippen MR) is 28.8 cm³/mol. The van der Waals surface area contributed by atoms with Crippen molar-refractivity contribution < 1.29 is 36.1 Å². The van der Waals surface area contributed by atoms with Crippen LogP contribution in [0.4, 0.5) is 0 Å². The molecule has 0 aliphatic heterocycles. The quantitative estimate of drug-likeness (QED) is 0.332. The first-order valence-corrected chi connectivity index (χ1v) is 0. The zero-order valence-electron chi connectivity index (χ0n) is 4.54. The van der Waals surface area contributed by atoms with Gasteiger partial charge in [0.1, 0.15) is 0 Å². The summed E-state index contributed by atoms with van der Waals surface area (Å²) in [5, 5.41) is 0. The largest absolute Gasteiger partial charge is 2.00 e. The van der Waals surface area contributed by atoms with E-state index in [1.54, 1.807) is 0 Å². The molecule has 0 rings (SSSR count). The topological polar surface area (TPSA) is 94.5 Å². The van der Waals surface area contributed by atoms with Gasteiger partial charge in [-0.3, -0.25) is 0 Å². The van der Waals surface area contributed by atoms with E-state index in [1.807, 2.05) is 0 Å². The second-order valence-corrected chi connectivity index (χ2v) is 0. The van der Waals surface area contributed by atoms with E-state index < -0.39 is 0 Å². The molecule has 0 saturated carbocycles. The molecule has 0 saturated heterocycles. The second kappa shape index (κ2) is 76.1. The fourth-order valence-corrected chi connectivity index (χ4v) is 0. The van der Waals surface area contributed by atoms with E-state index in [1.165, 1.54) is 0 Å². The van der Waals surface area contributed by atoms with Gasteiger partial charge in [0.05, 0.1) is 0 Å². The summed E-state index contributed by atoms with van der Waals surface area (Å²) in [5.41, 5.74) is 0. The molecule has 0 fully saturated rings. The first-order valence-electron chi connectivity index (χ1n) is 0. The Balaban J connectivity index is 0. The first-order chi connectivity index (χ1) is 0. The summed E-state index contributed by atoms with van der Waals surface area (Å²) in [6.07, 6.45) is 0. The van der Waals surface area contributed by atoms with Crippen LogP contribution in [-0.2, 0) is 16.8 Å². The normalized spacial score (nSPS) is 0. The van der Waals surface area contributed by atoms with Crippen molar-refractivity contribution in [2.24, 2.45) is 0 Å². The monoisotopic (exact) mass is 169 g/mol. The van der Waals surface area contributed by atoms with E-state index in [2.05, 4.69) is 0 Å². The maximum absolute atomic E-state index is 0. The van der Waals surface area contributed by atoms with Crippen LogP contribution in [0.1, 0.15) is 2.85 Å². The fraction of sp³-hybridized carbons (Fsp3) is 0. The Morgan fingerprint density at radius 3 is 0.833 bits per heavy atom. The fourth-order valence-electron chi connectivity index (χ4n) is 0. The average molecular weight is 169 g/mol. The summed E-state index contributed by atoms with van der Waals surface area (Å²) in [4.78, 5) is 0. The summed E-state index contributed by atoms with van der Waals surface area (Å²) in [6.45, 7) is 0. The van der Waals surface area contributed by atoms with Gasteiger partial charge < -0.3 is 19.3 Å².